The summed E-state index contributed by atoms with van der Waals surface area (Å²) in [6.07, 6.45) is 14.4. The van der Waals surface area contributed by atoms with Crippen molar-refractivity contribution in [1.29, 1.82) is 0 Å². The van der Waals surface area contributed by atoms with Crippen molar-refractivity contribution >= 4 is 0 Å². The first-order valence-corrected chi connectivity index (χ1v) is 14.6. The fourth-order valence-corrected chi connectivity index (χ4v) is 6.66. The molecule has 6 heteroatoms. The molecule has 0 aliphatic heterocycles. The highest BCUT2D eigenvalue weighted by atomic mass is 19.3. The monoisotopic (exact) mass is 536 g/mol. The van der Waals surface area contributed by atoms with Crippen molar-refractivity contribution in [2.24, 2.45) is 17.8 Å². The van der Waals surface area contributed by atoms with Crippen molar-refractivity contribution in [1.82, 2.24) is 0 Å². The van der Waals surface area contributed by atoms with Gasteiger partial charge in [-0.15, -0.1) is 0 Å². The Morgan fingerprint density at radius 2 is 1.29 bits per heavy atom. The first-order chi connectivity index (χ1) is 18.3. The summed E-state index contributed by atoms with van der Waals surface area (Å²) >= 11 is 0. The number of hydrogen-bond acceptors (Lipinski definition) is 1. The average Bonchev–Trinajstić information content (AvgIpc) is 2.92. The molecule has 0 saturated heterocycles. The second-order valence-corrected chi connectivity index (χ2v) is 11.5. The molecular weight excluding hydrogens is 495 g/mol. The van der Waals surface area contributed by atoms with Gasteiger partial charge in [-0.1, -0.05) is 70.4 Å². The van der Waals surface area contributed by atoms with E-state index in [1.165, 1.54) is 89.2 Å². The van der Waals surface area contributed by atoms with Gasteiger partial charge in [0.15, 0.2) is 17.5 Å². The number of halogens is 5. The maximum Gasteiger partial charge on any atom is 0.426 e. The van der Waals surface area contributed by atoms with Crippen LogP contribution in [0.1, 0.15) is 114 Å². The van der Waals surface area contributed by atoms with Crippen LogP contribution in [-0.2, 0) is 6.11 Å². The highest BCUT2D eigenvalue weighted by Crippen LogP contribution is 2.45. The van der Waals surface area contributed by atoms with Crippen LogP contribution >= 0.6 is 0 Å². The Kier molecular flexibility index (Phi) is 10.1. The molecule has 0 heterocycles. The molecule has 0 radical (unpaired) electrons. The van der Waals surface area contributed by atoms with E-state index in [1.807, 2.05) is 0 Å². The van der Waals surface area contributed by atoms with Gasteiger partial charge in [0.1, 0.15) is 5.75 Å². The molecule has 0 amide bonds. The summed E-state index contributed by atoms with van der Waals surface area (Å²) in [5.41, 5.74) is 0.621. The van der Waals surface area contributed by atoms with Crippen molar-refractivity contribution in [3.05, 3.63) is 65.0 Å². The maximum atomic E-state index is 14.6. The Bertz CT molecular complexity index is 982. The lowest BCUT2D eigenvalue weighted by Gasteiger charge is -2.38. The molecule has 2 aromatic carbocycles. The van der Waals surface area contributed by atoms with E-state index in [4.69, 9.17) is 0 Å². The molecule has 2 aromatic rings. The largest absolute Gasteiger partial charge is 0.429 e. The van der Waals surface area contributed by atoms with Crippen LogP contribution in [-0.4, -0.2) is 0 Å². The molecule has 210 valence electrons. The van der Waals surface area contributed by atoms with E-state index in [9.17, 15) is 22.0 Å². The van der Waals surface area contributed by atoms with Crippen LogP contribution in [0.5, 0.6) is 5.75 Å². The van der Waals surface area contributed by atoms with Crippen LogP contribution in [0, 0.1) is 35.2 Å². The van der Waals surface area contributed by atoms with Crippen LogP contribution in [0.3, 0.4) is 0 Å². The lowest BCUT2D eigenvalue weighted by molar-refractivity contribution is -0.185. The molecule has 0 atom stereocenters. The van der Waals surface area contributed by atoms with Gasteiger partial charge in [0.05, 0.1) is 5.56 Å². The van der Waals surface area contributed by atoms with Gasteiger partial charge >= 0.3 is 6.11 Å². The van der Waals surface area contributed by atoms with Crippen molar-refractivity contribution in [2.45, 2.75) is 109 Å². The minimum absolute atomic E-state index is 0.356. The predicted octanol–water partition coefficient (Wildman–Crippen LogP) is 10.7. The third kappa shape index (κ3) is 7.51. The summed E-state index contributed by atoms with van der Waals surface area (Å²) < 4.78 is 73.6. The molecule has 0 unspecified atom stereocenters. The van der Waals surface area contributed by atoms with Gasteiger partial charge in [0, 0.05) is 12.1 Å². The third-order valence-electron chi connectivity index (χ3n) is 8.97. The van der Waals surface area contributed by atoms with E-state index < -0.39 is 34.9 Å². The lowest BCUT2D eigenvalue weighted by Crippen LogP contribution is -2.25. The number of rotatable bonds is 11. The summed E-state index contributed by atoms with van der Waals surface area (Å²) in [4.78, 5) is 0. The molecule has 2 fully saturated rings. The molecule has 4 rings (SSSR count). The van der Waals surface area contributed by atoms with Gasteiger partial charge in [0.2, 0.25) is 0 Å². The summed E-state index contributed by atoms with van der Waals surface area (Å²) in [5.74, 6) is -2.74. The Labute approximate surface area is 224 Å². The van der Waals surface area contributed by atoms with Gasteiger partial charge in [0.25, 0.3) is 0 Å². The first kappa shape index (κ1) is 28.9. The minimum atomic E-state index is -3.80. The normalized spacial score (nSPS) is 24.4. The van der Waals surface area contributed by atoms with Crippen LogP contribution in [0.25, 0.3) is 0 Å². The zero-order valence-corrected chi connectivity index (χ0v) is 22.5. The van der Waals surface area contributed by atoms with Gasteiger partial charge in [-0.25, -0.2) is 13.2 Å². The molecule has 0 aromatic heterocycles. The molecular formula is C32H41F5O. The lowest BCUT2D eigenvalue weighted by atomic mass is 9.68. The third-order valence-corrected chi connectivity index (χ3v) is 8.97. The van der Waals surface area contributed by atoms with E-state index in [1.54, 1.807) is 12.1 Å². The van der Waals surface area contributed by atoms with E-state index in [0.717, 1.165) is 36.2 Å². The number of hydrogen-bond donors (Lipinski definition) is 0. The molecule has 0 spiro atoms. The average molecular weight is 537 g/mol. The SMILES string of the molecule is CCCCCCC[C@H]1CC[C@H]([C@H]2CC[C@H](c3ccc(C(F)(F)Oc4cc(F)c(F)c(F)c4)cc3)CC2)CC1. The number of unbranched alkanes of at least 4 members (excludes halogenated alkanes) is 4. The first-order valence-electron chi connectivity index (χ1n) is 14.6. The van der Waals surface area contributed by atoms with Crippen molar-refractivity contribution < 1.29 is 26.7 Å². The summed E-state index contributed by atoms with van der Waals surface area (Å²) in [6, 6.07) is 6.85. The van der Waals surface area contributed by atoms with Gasteiger partial charge < -0.3 is 4.74 Å². The van der Waals surface area contributed by atoms with Crippen molar-refractivity contribution in [3.63, 3.8) is 0 Å². The zero-order chi connectivity index (χ0) is 27.1. The Hall–Kier alpha value is -2.11. The van der Waals surface area contributed by atoms with Crippen LogP contribution in [0.4, 0.5) is 22.0 Å². The molecule has 1 nitrogen and oxygen atoms in total. The van der Waals surface area contributed by atoms with E-state index in [2.05, 4.69) is 11.7 Å². The van der Waals surface area contributed by atoms with Crippen molar-refractivity contribution in [3.8, 4) is 5.75 Å². The molecule has 0 N–H and O–H groups in total. The summed E-state index contributed by atoms with van der Waals surface area (Å²) in [7, 11) is 0. The zero-order valence-electron chi connectivity index (χ0n) is 22.5. The van der Waals surface area contributed by atoms with Crippen LogP contribution in [0.2, 0.25) is 0 Å². The predicted molar refractivity (Wildman–Crippen MR) is 141 cm³/mol. The number of benzene rings is 2. The van der Waals surface area contributed by atoms with E-state index >= 15 is 0 Å². The standard InChI is InChI=1S/C32H41F5O/c1-2-3-4-5-6-7-22-8-10-23(11-9-22)24-12-14-25(15-13-24)26-16-18-27(19-17-26)32(36,37)38-28-20-29(33)31(35)30(34)21-28/h16-25H,2-15H2,1H3/t22-,23-,24-,25-. The molecule has 0 bridgehead atoms. The van der Waals surface area contributed by atoms with Crippen molar-refractivity contribution in [2.75, 3.05) is 0 Å². The molecule has 2 aliphatic rings. The Morgan fingerprint density at radius 3 is 1.87 bits per heavy atom. The molecule has 38 heavy (non-hydrogen) atoms. The highest BCUT2D eigenvalue weighted by molar-refractivity contribution is 5.30. The fraction of sp³-hybridized carbons (Fsp3) is 0.625. The highest BCUT2D eigenvalue weighted by Gasteiger charge is 2.36. The quantitative estimate of drug-likeness (QED) is 0.158. The number of alkyl halides is 2. The topological polar surface area (TPSA) is 9.23 Å². The number of ether oxygens (including phenoxy) is 1. The van der Waals surface area contributed by atoms with E-state index in [-0.39, 0.29) is 0 Å². The Morgan fingerprint density at radius 1 is 0.737 bits per heavy atom. The Balaban J connectivity index is 1.23. The van der Waals surface area contributed by atoms with Gasteiger partial charge in [-0.05, 0) is 79.9 Å². The maximum absolute atomic E-state index is 14.6. The fourth-order valence-electron chi connectivity index (χ4n) is 6.66. The summed E-state index contributed by atoms with van der Waals surface area (Å²) in [6.45, 7) is 2.26. The van der Waals surface area contributed by atoms with Crippen LogP contribution in [0.15, 0.2) is 36.4 Å². The minimum Gasteiger partial charge on any atom is -0.429 e. The van der Waals surface area contributed by atoms with Gasteiger partial charge in [-0.3, -0.25) is 0 Å². The second-order valence-electron chi connectivity index (χ2n) is 11.5. The van der Waals surface area contributed by atoms with Gasteiger partial charge in [-0.2, -0.15) is 8.78 Å². The molecule has 2 saturated carbocycles. The van der Waals surface area contributed by atoms with E-state index in [0.29, 0.717) is 18.1 Å². The van der Waals surface area contributed by atoms with Crippen LogP contribution < -0.4 is 4.74 Å². The smallest absolute Gasteiger partial charge is 0.426 e. The second kappa shape index (κ2) is 13.3. The summed E-state index contributed by atoms with van der Waals surface area (Å²) in [5, 5.41) is 0. The molecule has 2 aliphatic carbocycles.